The Bertz CT molecular complexity index is 1420. The van der Waals surface area contributed by atoms with E-state index in [0.717, 1.165) is 12.4 Å². The Hall–Kier alpha value is -4.22. The van der Waals surface area contributed by atoms with E-state index in [2.05, 4.69) is 9.98 Å². The van der Waals surface area contributed by atoms with Crippen molar-refractivity contribution in [3.63, 3.8) is 0 Å². The number of halogens is 8. The maximum Gasteiger partial charge on any atom is 2.00 e. The number of aliphatic imine (C=N–C) groups is 2. The molecule has 0 heterocycles. The molecule has 4 aromatic carbocycles. The SMILES string of the molecule is [Cu+2].[O-]c1ccccc1C=Nc1cc(C(F)(F)F)ccc1F.[O-]c1ccccc1C=Nc1cc(C(F)(F)F)ccc1F. The molecule has 0 N–H and O–H groups in total. The molecule has 0 amide bonds. The van der Waals surface area contributed by atoms with Crippen LogP contribution in [0.25, 0.3) is 0 Å². The van der Waals surface area contributed by atoms with Crippen LogP contribution < -0.4 is 10.2 Å². The van der Waals surface area contributed by atoms with Crippen LogP contribution in [0.4, 0.5) is 46.5 Å². The Kier molecular flexibility index (Phi) is 11.2. The molecule has 0 saturated carbocycles. The summed E-state index contributed by atoms with van der Waals surface area (Å²) in [6.45, 7) is 0. The summed E-state index contributed by atoms with van der Waals surface area (Å²) in [5, 5.41) is 22.8. The third-order valence-corrected chi connectivity index (χ3v) is 5.07. The molecule has 1 radical (unpaired) electrons. The number of hydrogen-bond donors (Lipinski definition) is 0. The minimum atomic E-state index is -4.57. The second-order valence-corrected chi connectivity index (χ2v) is 7.92. The molecule has 41 heavy (non-hydrogen) atoms. The van der Waals surface area contributed by atoms with Crippen molar-refractivity contribution in [2.75, 3.05) is 0 Å². The first-order valence-electron chi connectivity index (χ1n) is 11.1. The van der Waals surface area contributed by atoms with Gasteiger partial charge >= 0.3 is 29.4 Å². The molecule has 13 heteroatoms. The number of para-hydroxylation sites is 2. The summed E-state index contributed by atoms with van der Waals surface area (Å²) in [6.07, 6.45) is -7.06. The third-order valence-electron chi connectivity index (χ3n) is 5.07. The minimum absolute atomic E-state index is 0. The number of nitrogens with zero attached hydrogens (tertiary/aromatic N) is 2. The van der Waals surface area contributed by atoms with E-state index in [1.165, 1.54) is 36.4 Å². The van der Waals surface area contributed by atoms with Gasteiger partial charge in [0.1, 0.15) is 11.6 Å². The van der Waals surface area contributed by atoms with Crippen molar-refractivity contribution in [3.05, 3.63) is 119 Å². The van der Waals surface area contributed by atoms with Gasteiger partial charge in [-0.25, -0.2) is 8.78 Å². The molecule has 0 aromatic heterocycles. The normalized spacial score (nSPS) is 11.7. The van der Waals surface area contributed by atoms with Crippen molar-refractivity contribution in [1.82, 2.24) is 0 Å². The van der Waals surface area contributed by atoms with Crippen LogP contribution in [0, 0.1) is 11.6 Å². The number of benzene rings is 4. The molecule has 0 spiro atoms. The van der Waals surface area contributed by atoms with Crippen LogP contribution in [-0.2, 0) is 29.4 Å². The second kappa shape index (κ2) is 13.9. The van der Waals surface area contributed by atoms with Gasteiger partial charge in [0.25, 0.3) is 0 Å². The molecule has 0 atom stereocenters. The Balaban J connectivity index is 0.000000280. The number of hydrogen-bond acceptors (Lipinski definition) is 4. The third kappa shape index (κ3) is 9.44. The van der Waals surface area contributed by atoms with E-state index >= 15 is 0 Å². The molecular formula is C28H16CuF8N2O2. The largest absolute Gasteiger partial charge is 2.00 e. The molecule has 0 fully saturated rings. The molecule has 0 saturated heterocycles. The van der Waals surface area contributed by atoms with Crippen LogP contribution in [-0.4, -0.2) is 12.4 Å². The average Bonchev–Trinajstić information content (AvgIpc) is 2.88. The van der Waals surface area contributed by atoms with Crippen LogP contribution in [0.3, 0.4) is 0 Å². The summed E-state index contributed by atoms with van der Waals surface area (Å²) in [7, 11) is 0. The van der Waals surface area contributed by atoms with Gasteiger partial charge in [-0.2, -0.15) is 26.3 Å². The summed E-state index contributed by atoms with van der Waals surface area (Å²) in [5.74, 6) is -2.47. The monoisotopic (exact) mass is 627 g/mol. The van der Waals surface area contributed by atoms with Gasteiger partial charge in [-0.1, -0.05) is 48.5 Å². The van der Waals surface area contributed by atoms with Gasteiger partial charge in [-0.3, -0.25) is 9.98 Å². The summed E-state index contributed by atoms with van der Waals surface area (Å²) in [4.78, 5) is 7.22. The van der Waals surface area contributed by atoms with Crippen molar-refractivity contribution < 1.29 is 62.4 Å². The molecule has 0 aliphatic heterocycles. The van der Waals surface area contributed by atoms with Crippen LogP contribution in [0.5, 0.6) is 11.5 Å². The fourth-order valence-corrected chi connectivity index (χ4v) is 3.03. The predicted octanol–water partition coefficient (Wildman–Crippen LogP) is 7.33. The fourth-order valence-electron chi connectivity index (χ4n) is 3.03. The Morgan fingerprint density at radius 1 is 0.537 bits per heavy atom. The molecule has 4 rings (SSSR count). The molecule has 217 valence electrons. The fraction of sp³-hybridized carbons (Fsp3) is 0.0714. The second-order valence-electron chi connectivity index (χ2n) is 7.92. The zero-order valence-electron chi connectivity index (χ0n) is 20.3. The van der Waals surface area contributed by atoms with Gasteiger partial charge in [0.05, 0.1) is 22.5 Å². The van der Waals surface area contributed by atoms with Crippen LogP contribution >= 0.6 is 0 Å². The topological polar surface area (TPSA) is 70.8 Å². The van der Waals surface area contributed by atoms with E-state index in [4.69, 9.17) is 0 Å². The smallest absolute Gasteiger partial charge is 0.872 e. The molecule has 0 unspecified atom stereocenters. The van der Waals surface area contributed by atoms with E-state index in [1.807, 2.05) is 0 Å². The van der Waals surface area contributed by atoms with Crippen molar-refractivity contribution >= 4 is 23.8 Å². The molecule has 0 aliphatic rings. The van der Waals surface area contributed by atoms with E-state index < -0.39 is 46.5 Å². The summed E-state index contributed by atoms with van der Waals surface area (Å²) < 4.78 is 102. The Labute approximate surface area is 238 Å². The first-order valence-corrected chi connectivity index (χ1v) is 11.1. The molecule has 4 nitrogen and oxygen atoms in total. The quantitative estimate of drug-likeness (QED) is 0.135. The Morgan fingerprint density at radius 3 is 1.20 bits per heavy atom. The number of alkyl halides is 6. The summed E-state index contributed by atoms with van der Waals surface area (Å²) >= 11 is 0. The standard InChI is InChI=1S/2C14H9F4NO.Cu/c2*15-11-6-5-10(14(16,17)18)7-12(11)19-8-9-3-1-2-4-13(9)20;/h2*1-8,20H;/q;;+2/p-2. The van der Waals surface area contributed by atoms with Crippen molar-refractivity contribution in [1.29, 1.82) is 0 Å². The van der Waals surface area contributed by atoms with Gasteiger partial charge < -0.3 is 10.2 Å². The van der Waals surface area contributed by atoms with Gasteiger partial charge in [0.15, 0.2) is 0 Å². The molecule has 4 aromatic rings. The number of rotatable bonds is 4. The van der Waals surface area contributed by atoms with Gasteiger partial charge in [0, 0.05) is 12.4 Å². The summed E-state index contributed by atoms with van der Waals surface area (Å²) in [5.41, 5.74) is -2.59. The molecule has 0 bridgehead atoms. The van der Waals surface area contributed by atoms with Crippen molar-refractivity contribution in [2.24, 2.45) is 9.98 Å². The molecular weight excluding hydrogens is 612 g/mol. The van der Waals surface area contributed by atoms with Crippen molar-refractivity contribution in [2.45, 2.75) is 12.4 Å². The van der Waals surface area contributed by atoms with Gasteiger partial charge in [-0.05, 0) is 47.5 Å². The zero-order chi connectivity index (χ0) is 29.5. The van der Waals surface area contributed by atoms with E-state index in [1.54, 1.807) is 12.1 Å². The van der Waals surface area contributed by atoms with Crippen LogP contribution in [0.2, 0.25) is 0 Å². The maximum atomic E-state index is 13.4. The Morgan fingerprint density at radius 2 is 0.878 bits per heavy atom. The van der Waals surface area contributed by atoms with Crippen molar-refractivity contribution in [3.8, 4) is 11.5 Å². The van der Waals surface area contributed by atoms with E-state index in [0.29, 0.717) is 36.4 Å². The zero-order valence-corrected chi connectivity index (χ0v) is 21.2. The average molecular weight is 628 g/mol. The minimum Gasteiger partial charge on any atom is -0.872 e. The van der Waals surface area contributed by atoms with Crippen LogP contribution in [0.1, 0.15) is 22.3 Å². The summed E-state index contributed by atoms with van der Waals surface area (Å²) in [6, 6.07) is 15.5. The van der Waals surface area contributed by atoms with Gasteiger partial charge in [-0.15, -0.1) is 11.5 Å². The van der Waals surface area contributed by atoms with E-state index in [-0.39, 0.29) is 39.7 Å². The predicted molar refractivity (Wildman–Crippen MR) is 129 cm³/mol. The van der Waals surface area contributed by atoms with Crippen LogP contribution in [0.15, 0.2) is 94.9 Å². The first kappa shape index (κ1) is 33.0. The first-order chi connectivity index (χ1) is 18.8. The van der Waals surface area contributed by atoms with E-state index in [9.17, 15) is 45.3 Å². The van der Waals surface area contributed by atoms with Gasteiger partial charge in [0.2, 0.25) is 0 Å². The molecule has 0 aliphatic carbocycles. The maximum absolute atomic E-state index is 13.4.